The van der Waals surface area contributed by atoms with Crippen molar-refractivity contribution in [3.8, 4) is 11.1 Å². The van der Waals surface area contributed by atoms with Gasteiger partial charge in [0.05, 0.1) is 0 Å². The van der Waals surface area contributed by atoms with Crippen LogP contribution in [-0.4, -0.2) is 66.2 Å². The Morgan fingerprint density at radius 3 is 2.27 bits per heavy atom. The zero-order chi connectivity index (χ0) is 23.6. The number of carbonyl (C=O) groups is 3. The molecule has 2 amide bonds. The topological polar surface area (TPSA) is 95.9 Å². The molecule has 0 spiro atoms. The van der Waals surface area contributed by atoms with E-state index in [-0.39, 0.29) is 31.4 Å². The lowest BCUT2D eigenvalue weighted by Gasteiger charge is -2.20. The zero-order valence-electron chi connectivity index (χ0n) is 18.8. The summed E-state index contributed by atoms with van der Waals surface area (Å²) >= 11 is 1.57. The van der Waals surface area contributed by atoms with E-state index < -0.39 is 12.1 Å². The summed E-state index contributed by atoms with van der Waals surface area (Å²) in [4.78, 5) is 36.8. The van der Waals surface area contributed by atoms with Crippen LogP contribution in [0.4, 0.5) is 4.79 Å². The van der Waals surface area contributed by atoms with Gasteiger partial charge in [-0.15, -0.1) is 0 Å². The normalized spacial score (nSPS) is 12.0. The number of nitrogens with one attached hydrogen (secondary N) is 1. The number of nitrogens with zero attached hydrogens (tertiary/aromatic N) is 1. The highest BCUT2D eigenvalue weighted by Gasteiger charge is 2.28. The minimum Gasteiger partial charge on any atom is -0.480 e. The number of rotatable bonds is 12. The van der Waals surface area contributed by atoms with Crippen LogP contribution in [-0.2, 0) is 14.3 Å². The molecule has 7 nitrogen and oxygen atoms in total. The van der Waals surface area contributed by atoms with Crippen molar-refractivity contribution < 1.29 is 24.2 Å². The molecule has 0 aromatic heterocycles. The van der Waals surface area contributed by atoms with Gasteiger partial charge in [0.25, 0.3) is 0 Å². The van der Waals surface area contributed by atoms with Crippen molar-refractivity contribution in [1.82, 2.24) is 10.2 Å². The lowest BCUT2D eigenvalue weighted by molar-refractivity contribution is -0.144. The van der Waals surface area contributed by atoms with Gasteiger partial charge in [-0.05, 0) is 41.4 Å². The first kappa shape index (κ1) is 24.6. The molecule has 0 heterocycles. The second-order valence-corrected chi connectivity index (χ2v) is 8.90. The smallest absolute Gasteiger partial charge is 0.407 e. The third kappa shape index (κ3) is 6.74. The largest absolute Gasteiger partial charge is 0.480 e. The number of amides is 2. The summed E-state index contributed by atoms with van der Waals surface area (Å²) in [7, 11) is 0. The number of hydrogen-bond donors (Lipinski definition) is 2. The van der Waals surface area contributed by atoms with Crippen LogP contribution >= 0.6 is 11.8 Å². The Labute approximate surface area is 198 Å². The number of carboxylic acids is 1. The van der Waals surface area contributed by atoms with E-state index in [0.29, 0.717) is 31.7 Å². The van der Waals surface area contributed by atoms with Crippen LogP contribution in [0.15, 0.2) is 48.5 Å². The molecule has 0 fully saturated rings. The van der Waals surface area contributed by atoms with E-state index >= 15 is 0 Å². The number of unbranched alkanes of at least 4 members (excludes halogenated alkanes) is 1. The quantitative estimate of drug-likeness (QED) is 0.456. The molecule has 3 rings (SSSR count). The monoisotopic (exact) mass is 470 g/mol. The molecule has 0 saturated heterocycles. The van der Waals surface area contributed by atoms with Crippen LogP contribution in [0.25, 0.3) is 11.1 Å². The number of ether oxygens (including phenoxy) is 1. The Kier molecular flexibility index (Phi) is 9.18. The maximum Gasteiger partial charge on any atom is 0.407 e. The van der Waals surface area contributed by atoms with Gasteiger partial charge in [0.15, 0.2) is 0 Å². The summed E-state index contributed by atoms with van der Waals surface area (Å²) in [6.07, 6.45) is 2.87. The van der Waals surface area contributed by atoms with Gasteiger partial charge in [-0.3, -0.25) is 9.59 Å². The number of thioether (sulfide) groups is 1. The Hall–Kier alpha value is -3.00. The van der Waals surface area contributed by atoms with Crippen LogP contribution < -0.4 is 5.32 Å². The molecular weight excluding hydrogens is 440 g/mol. The molecule has 1 aliphatic rings. The molecular formula is C25H30N2O5S. The number of fused-ring (bicyclic) bond motifs is 3. The van der Waals surface area contributed by atoms with Crippen molar-refractivity contribution in [2.75, 3.05) is 38.2 Å². The first-order valence-corrected chi connectivity index (χ1v) is 12.5. The zero-order valence-corrected chi connectivity index (χ0v) is 19.6. The van der Waals surface area contributed by atoms with E-state index in [1.165, 1.54) is 16.0 Å². The van der Waals surface area contributed by atoms with Crippen molar-refractivity contribution in [1.29, 1.82) is 0 Å². The standard InChI is InChI=1S/C25H30N2O5S/c1-33-15-14-27(16-24(29)30)23(28)12-6-7-13-26-25(31)32-17-22-20-10-4-2-8-18(20)19-9-3-5-11-21(19)22/h2-5,8-11,22H,6-7,12-17H2,1H3,(H,26,31)(H,29,30). The lowest BCUT2D eigenvalue weighted by atomic mass is 9.98. The first-order valence-electron chi connectivity index (χ1n) is 11.1. The maximum atomic E-state index is 12.3. The predicted octanol–water partition coefficient (Wildman–Crippen LogP) is 3.97. The van der Waals surface area contributed by atoms with Gasteiger partial charge in [-0.2, -0.15) is 11.8 Å². The summed E-state index contributed by atoms with van der Waals surface area (Å²) in [6.45, 7) is 0.799. The molecule has 0 aliphatic heterocycles. The average molecular weight is 471 g/mol. The fraction of sp³-hybridized carbons (Fsp3) is 0.400. The van der Waals surface area contributed by atoms with Gasteiger partial charge < -0.3 is 20.1 Å². The van der Waals surface area contributed by atoms with E-state index in [1.54, 1.807) is 11.8 Å². The lowest BCUT2D eigenvalue weighted by Crippen LogP contribution is -2.37. The molecule has 1 aliphatic carbocycles. The molecule has 0 radical (unpaired) electrons. The number of benzene rings is 2. The molecule has 0 atom stereocenters. The summed E-state index contributed by atoms with van der Waals surface area (Å²) in [6, 6.07) is 16.4. The molecule has 0 bridgehead atoms. The SMILES string of the molecule is CSCCN(CC(=O)O)C(=O)CCCCNC(=O)OCC1c2ccccc2-c2ccccc21. The second-order valence-electron chi connectivity index (χ2n) is 7.91. The van der Waals surface area contributed by atoms with E-state index in [1.807, 2.05) is 30.5 Å². The summed E-state index contributed by atoms with van der Waals surface area (Å²) in [5.41, 5.74) is 4.69. The van der Waals surface area contributed by atoms with Crippen molar-refractivity contribution in [3.63, 3.8) is 0 Å². The molecule has 33 heavy (non-hydrogen) atoms. The second kappa shape index (κ2) is 12.3. The van der Waals surface area contributed by atoms with E-state index in [0.717, 1.165) is 11.1 Å². The van der Waals surface area contributed by atoms with Gasteiger partial charge in [0, 0.05) is 31.2 Å². The van der Waals surface area contributed by atoms with Crippen LogP contribution in [0.3, 0.4) is 0 Å². The van der Waals surface area contributed by atoms with Gasteiger partial charge in [-0.25, -0.2) is 4.79 Å². The number of carboxylic acid groups (broad SMARTS) is 1. The Balaban J connectivity index is 1.39. The summed E-state index contributed by atoms with van der Waals surface area (Å²) < 4.78 is 5.50. The average Bonchev–Trinajstić information content (AvgIpc) is 3.13. The number of hydrogen-bond acceptors (Lipinski definition) is 5. The van der Waals surface area contributed by atoms with Gasteiger partial charge in [-0.1, -0.05) is 48.5 Å². The van der Waals surface area contributed by atoms with Gasteiger partial charge >= 0.3 is 12.1 Å². The number of alkyl carbamates (subject to hydrolysis) is 1. The van der Waals surface area contributed by atoms with E-state index in [9.17, 15) is 14.4 Å². The molecule has 2 N–H and O–H groups in total. The molecule has 0 saturated carbocycles. The van der Waals surface area contributed by atoms with E-state index in [4.69, 9.17) is 9.84 Å². The molecule has 176 valence electrons. The summed E-state index contributed by atoms with van der Waals surface area (Å²) in [5.74, 6) is -0.473. The van der Waals surface area contributed by atoms with Crippen LogP contribution in [0.5, 0.6) is 0 Å². The van der Waals surface area contributed by atoms with E-state index in [2.05, 4.69) is 29.6 Å². The molecule has 2 aromatic rings. The van der Waals surface area contributed by atoms with Crippen molar-refractivity contribution in [2.45, 2.75) is 25.2 Å². The van der Waals surface area contributed by atoms with Crippen LogP contribution in [0, 0.1) is 0 Å². The Morgan fingerprint density at radius 2 is 1.67 bits per heavy atom. The Bertz CT molecular complexity index is 935. The minimum absolute atomic E-state index is 0.0160. The molecule has 8 heteroatoms. The minimum atomic E-state index is -1.01. The Morgan fingerprint density at radius 1 is 1.03 bits per heavy atom. The predicted molar refractivity (Wildman–Crippen MR) is 130 cm³/mol. The highest BCUT2D eigenvalue weighted by molar-refractivity contribution is 7.98. The number of aliphatic carboxylic acids is 1. The fourth-order valence-corrected chi connectivity index (χ4v) is 4.46. The van der Waals surface area contributed by atoms with Gasteiger partial charge in [0.1, 0.15) is 13.2 Å². The van der Waals surface area contributed by atoms with Crippen molar-refractivity contribution >= 4 is 29.7 Å². The van der Waals surface area contributed by atoms with Crippen molar-refractivity contribution in [3.05, 3.63) is 59.7 Å². The first-order chi connectivity index (χ1) is 16.0. The van der Waals surface area contributed by atoms with Gasteiger partial charge in [0.2, 0.25) is 5.91 Å². The highest BCUT2D eigenvalue weighted by Crippen LogP contribution is 2.44. The van der Waals surface area contributed by atoms with Crippen LogP contribution in [0.1, 0.15) is 36.3 Å². The highest BCUT2D eigenvalue weighted by atomic mass is 32.2. The molecule has 0 unspecified atom stereocenters. The third-order valence-corrected chi connectivity index (χ3v) is 6.27. The number of carbonyl (C=O) groups excluding carboxylic acids is 2. The van der Waals surface area contributed by atoms with Crippen molar-refractivity contribution in [2.24, 2.45) is 0 Å². The fourth-order valence-electron chi connectivity index (χ4n) is 4.06. The summed E-state index contributed by atoms with van der Waals surface area (Å²) in [5, 5.41) is 11.7. The third-order valence-electron chi connectivity index (χ3n) is 5.67. The van der Waals surface area contributed by atoms with Crippen LogP contribution in [0.2, 0.25) is 0 Å². The molecule has 2 aromatic carbocycles. The maximum absolute atomic E-state index is 12.3.